The van der Waals surface area contributed by atoms with E-state index in [1.807, 2.05) is 30.3 Å². The molecule has 0 aliphatic rings. The molecule has 2 aromatic heterocycles. The van der Waals surface area contributed by atoms with E-state index >= 15 is 0 Å². The minimum atomic E-state index is -0.686. The summed E-state index contributed by atoms with van der Waals surface area (Å²) < 4.78 is 4.01. The van der Waals surface area contributed by atoms with Crippen molar-refractivity contribution in [2.24, 2.45) is 19.2 Å². The molecule has 1 amide bonds. The first kappa shape index (κ1) is 27.0. The van der Waals surface area contributed by atoms with E-state index < -0.39 is 34.4 Å². The van der Waals surface area contributed by atoms with E-state index in [1.54, 1.807) is 11.6 Å². The SMILES string of the molecule is Cn1c(=O)c2c(nc(NCCc3ccccc3)n2CCCC(=O)N/N=C/c2ccc(O)c(O)c2O)n(C)c1=O. The second kappa shape index (κ2) is 11.5. The summed E-state index contributed by atoms with van der Waals surface area (Å²) in [5, 5.41) is 35.8. The Morgan fingerprint density at radius 3 is 2.51 bits per heavy atom. The number of aromatic hydroxyl groups is 3. The number of rotatable bonds is 10. The van der Waals surface area contributed by atoms with Crippen LogP contribution in [0.25, 0.3) is 11.2 Å². The van der Waals surface area contributed by atoms with Gasteiger partial charge in [0, 0.05) is 39.2 Å². The number of fused-ring (bicyclic) bond motifs is 1. The lowest BCUT2D eigenvalue weighted by Crippen LogP contribution is -2.37. The molecule has 0 unspecified atom stereocenters. The standard InChI is InChI=1S/C26H29N7O6/c1-31-23-20(24(38)32(2)26(31)39)33(25(29-23)27-13-12-16-7-4-3-5-8-16)14-6-9-19(35)30-28-15-17-10-11-18(34)22(37)21(17)36/h3-5,7-8,10-11,15,34,36-37H,6,9,12-14H2,1-2H3,(H,27,29)(H,30,35)/b28-15+. The first-order chi connectivity index (χ1) is 18.7. The van der Waals surface area contributed by atoms with Gasteiger partial charge >= 0.3 is 5.69 Å². The van der Waals surface area contributed by atoms with Gasteiger partial charge < -0.3 is 25.2 Å². The number of carbonyl (C=O) groups is 1. The lowest BCUT2D eigenvalue weighted by atomic mass is 10.1. The maximum absolute atomic E-state index is 13.0. The van der Waals surface area contributed by atoms with Crippen LogP contribution in [0.3, 0.4) is 0 Å². The van der Waals surface area contributed by atoms with Crippen LogP contribution in [-0.2, 0) is 31.9 Å². The van der Waals surface area contributed by atoms with Crippen LogP contribution in [0.1, 0.15) is 24.0 Å². The number of amides is 1. The molecule has 0 saturated heterocycles. The van der Waals surface area contributed by atoms with Crippen molar-refractivity contribution < 1.29 is 20.1 Å². The molecule has 0 atom stereocenters. The van der Waals surface area contributed by atoms with Crippen LogP contribution in [0.2, 0.25) is 0 Å². The minimum Gasteiger partial charge on any atom is -0.504 e. The molecule has 5 N–H and O–H groups in total. The Balaban J connectivity index is 1.47. The Morgan fingerprint density at radius 2 is 1.77 bits per heavy atom. The molecule has 2 heterocycles. The van der Waals surface area contributed by atoms with E-state index in [0.29, 0.717) is 18.9 Å². The van der Waals surface area contributed by atoms with Gasteiger partial charge in [0.1, 0.15) is 0 Å². The molecular weight excluding hydrogens is 506 g/mol. The van der Waals surface area contributed by atoms with Crippen molar-refractivity contribution in [3.8, 4) is 17.2 Å². The fraction of sp³-hybridized carbons (Fsp3) is 0.269. The number of phenols is 3. The number of aryl methyl sites for hydroxylation is 2. The molecule has 4 aromatic rings. The zero-order valence-electron chi connectivity index (χ0n) is 21.5. The number of aromatic nitrogens is 4. The van der Waals surface area contributed by atoms with Gasteiger partial charge in [-0.15, -0.1) is 0 Å². The smallest absolute Gasteiger partial charge is 0.332 e. The Bertz CT molecular complexity index is 1650. The molecule has 0 aliphatic carbocycles. The molecule has 0 aliphatic heterocycles. The maximum Gasteiger partial charge on any atom is 0.332 e. The topological polar surface area (TPSA) is 176 Å². The molecule has 13 nitrogen and oxygen atoms in total. The number of nitrogens with zero attached hydrogens (tertiary/aromatic N) is 5. The molecule has 0 bridgehead atoms. The highest BCUT2D eigenvalue weighted by Gasteiger charge is 2.19. The molecule has 204 valence electrons. The summed E-state index contributed by atoms with van der Waals surface area (Å²) in [7, 11) is 2.95. The normalized spacial score (nSPS) is 11.3. The predicted molar refractivity (Wildman–Crippen MR) is 145 cm³/mol. The van der Waals surface area contributed by atoms with Gasteiger partial charge in [0.25, 0.3) is 5.56 Å². The van der Waals surface area contributed by atoms with Crippen molar-refractivity contribution in [3.05, 3.63) is 74.4 Å². The number of phenolic OH excluding ortho intramolecular Hbond substituents is 3. The second-order valence-electron chi connectivity index (χ2n) is 8.90. The quantitative estimate of drug-likeness (QED) is 0.114. The van der Waals surface area contributed by atoms with E-state index in [-0.39, 0.29) is 29.7 Å². The highest BCUT2D eigenvalue weighted by atomic mass is 16.3. The van der Waals surface area contributed by atoms with Gasteiger partial charge in [0.05, 0.1) is 6.21 Å². The summed E-state index contributed by atoms with van der Waals surface area (Å²) in [6, 6.07) is 12.4. The van der Waals surface area contributed by atoms with Gasteiger partial charge in [0.2, 0.25) is 17.6 Å². The Hall–Kier alpha value is -5.07. The van der Waals surface area contributed by atoms with Crippen molar-refractivity contribution in [2.75, 3.05) is 11.9 Å². The van der Waals surface area contributed by atoms with Crippen molar-refractivity contribution >= 4 is 29.2 Å². The molecule has 13 heteroatoms. The average Bonchev–Trinajstić information content (AvgIpc) is 3.29. The summed E-state index contributed by atoms with van der Waals surface area (Å²) in [5.41, 5.74) is 3.09. The second-order valence-corrected chi connectivity index (χ2v) is 8.90. The van der Waals surface area contributed by atoms with Crippen LogP contribution in [0.15, 0.2) is 57.2 Å². The monoisotopic (exact) mass is 535 g/mol. The van der Waals surface area contributed by atoms with Crippen LogP contribution >= 0.6 is 0 Å². The largest absolute Gasteiger partial charge is 0.504 e. The predicted octanol–water partition coefficient (Wildman–Crippen LogP) is 1.14. The average molecular weight is 536 g/mol. The third kappa shape index (κ3) is 5.76. The summed E-state index contributed by atoms with van der Waals surface area (Å²) in [6.45, 7) is 0.803. The van der Waals surface area contributed by atoms with Crippen LogP contribution < -0.4 is 22.0 Å². The van der Waals surface area contributed by atoms with Gasteiger partial charge in [-0.25, -0.2) is 10.2 Å². The Labute approximate surface area is 222 Å². The van der Waals surface area contributed by atoms with Gasteiger partial charge in [-0.3, -0.25) is 18.7 Å². The van der Waals surface area contributed by atoms with E-state index in [1.165, 1.54) is 23.7 Å². The van der Waals surface area contributed by atoms with Crippen LogP contribution in [0.4, 0.5) is 5.95 Å². The lowest BCUT2D eigenvalue weighted by molar-refractivity contribution is -0.121. The first-order valence-electron chi connectivity index (χ1n) is 12.2. The zero-order chi connectivity index (χ0) is 28.1. The third-order valence-electron chi connectivity index (χ3n) is 6.23. The lowest BCUT2D eigenvalue weighted by Gasteiger charge is -2.11. The van der Waals surface area contributed by atoms with Crippen molar-refractivity contribution in [2.45, 2.75) is 25.8 Å². The molecule has 0 fully saturated rings. The number of carbonyl (C=O) groups excluding carboxylic acids is 1. The third-order valence-corrected chi connectivity index (χ3v) is 6.23. The first-order valence-corrected chi connectivity index (χ1v) is 12.2. The molecule has 0 spiro atoms. The van der Waals surface area contributed by atoms with Crippen LogP contribution in [0.5, 0.6) is 17.2 Å². The van der Waals surface area contributed by atoms with Gasteiger partial charge in [0.15, 0.2) is 22.7 Å². The van der Waals surface area contributed by atoms with E-state index in [2.05, 4.69) is 20.8 Å². The van der Waals surface area contributed by atoms with Crippen molar-refractivity contribution in [1.82, 2.24) is 24.1 Å². The molecular formula is C26H29N7O6. The number of nitrogens with one attached hydrogen (secondary N) is 2. The number of anilines is 1. The fourth-order valence-corrected chi connectivity index (χ4v) is 4.08. The summed E-state index contributed by atoms with van der Waals surface area (Å²) in [4.78, 5) is 42.3. The summed E-state index contributed by atoms with van der Waals surface area (Å²) in [5.74, 6) is -1.74. The Kier molecular flexibility index (Phi) is 7.98. The fourth-order valence-electron chi connectivity index (χ4n) is 4.08. The number of benzene rings is 2. The zero-order valence-corrected chi connectivity index (χ0v) is 21.5. The van der Waals surface area contributed by atoms with Gasteiger partial charge in [-0.1, -0.05) is 30.3 Å². The van der Waals surface area contributed by atoms with Crippen molar-refractivity contribution in [3.63, 3.8) is 0 Å². The highest BCUT2D eigenvalue weighted by Crippen LogP contribution is 2.36. The summed E-state index contributed by atoms with van der Waals surface area (Å²) >= 11 is 0. The number of hydrogen-bond donors (Lipinski definition) is 5. The minimum absolute atomic E-state index is 0.0549. The molecule has 0 radical (unpaired) electrons. The molecule has 0 saturated carbocycles. The van der Waals surface area contributed by atoms with Crippen LogP contribution in [0, 0.1) is 0 Å². The van der Waals surface area contributed by atoms with E-state index in [4.69, 9.17) is 0 Å². The van der Waals surface area contributed by atoms with E-state index in [9.17, 15) is 29.7 Å². The Morgan fingerprint density at radius 1 is 1.03 bits per heavy atom. The van der Waals surface area contributed by atoms with Gasteiger partial charge in [-0.05, 0) is 30.5 Å². The summed E-state index contributed by atoms with van der Waals surface area (Å²) in [6.07, 6.45) is 2.24. The number of hydrogen-bond acceptors (Lipinski definition) is 9. The van der Waals surface area contributed by atoms with Crippen molar-refractivity contribution in [1.29, 1.82) is 0 Å². The van der Waals surface area contributed by atoms with Gasteiger partial charge in [-0.2, -0.15) is 10.1 Å². The molecule has 4 rings (SSSR count). The molecule has 39 heavy (non-hydrogen) atoms. The maximum atomic E-state index is 13.0. The van der Waals surface area contributed by atoms with Crippen LogP contribution in [-0.4, -0.2) is 52.7 Å². The highest BCUT2D eigenvalue weighted by molar-refractivity contribution is 5.87. The van der Waals surface area contributed by atoms with E-state index in [0.717, 1.165) is 22.8 Å². The number of imidazole rings is 1. The number of hydrazone groups is 1. The molecule has 2 aromatic carbocycles.